The van der Waals surface area contributed by atoms with Gasteiger partial charge in [-0.2, -0.15) is 0 Å². The Kier molecular flexibility index (Phi) is 2.54. The molecule has 2 rings (SSSR count). The number of aromatic hydroxyl groups is 1. The summed E-state index contributed by atoms with van der Waals surface area (Å²) in [7, 11) is 0. The normalized spacial score (nSPS) is 9.93. The second kappa shape index (κ2) is 4.00. The number of rotatable bonds is 2. The van der Waals surface area contributed by atoms with E-state index in [9.17, 15) is 4.39 Å². The van der Waals surface area contributed by atoms with E-state index in [-0.39, 0.29) is 5.75 Å². The average Bonchev–Trinajstić information content (AvgIpc) is 2.25. The van der Waals surface area contributed by atoms with Gasteiger partial charge in [0.05, 0.1) is 0 Å². The highest BCUT2D eigenvalue weighted by Crippen LogP contribution is 2.22. The Balaban J connectivity index is 2.22. The third-order valence-electron chi connectivity index (χ3n) is 2.01. The lowest BCUT2D eigenvalue weighted by molar-refractivity contribution is 0.433. The lowest BCUT2D eigenvalue weighted by Crippen LogP contribution is -1.89. The van der Waals surface area contributed by atoms with E-state index >= 15 is 0 Å². The highest BCUT2D eigenvalue weighted by Gasteiger charge is 2.00. The zero-order valence-electron chi connectivity index (χ0n) is 7.94. The Morgan fingerprint density at radius 1 is 0.933 bits per heavy atom. The molecule has 0 bridgehead atoms. The number of hydrogen-bond donors (Lipinski definition) is 2. The Hall–Kier alpha value is -2.03. The van der Waals surface area contributed by atoms with Gasteiger partial charge in [-0.05, 0) is 24.3 Å². The minimum atomic E-state index is -0.617. The van der Waals surface area contributed by atoms with E-state index in [1.165, 1.54) is 12.1 Å². The lowest BCUT2D eigenvalue weighted by Gasteiger charge is -2.06. The molecule has 0 aliphatic rings. The second-order valence-electron chi connectivity index (χ2n) is 3.16. The SMILES string of the molecule is Oc1cc(Nc2ccccc2)ccc1F. The fraction of sp³-hybridized carbons (Fsp3) is 0. The molecule has 15 heavy (non-hydrogen) atoms. The van der Waals surface area contributed by atoms with Crippen molar-refractivity contribution in [2.24, 2.45) is 0 Å². The number of anilines is 2. The maximum Gasteiger partial charge on any atom is 0.164 e. The molecule has 0 unspecified atom stereocenters. The maximum atomic E-state index is 12.8. The van der Waals surface area contributed by atoms with Crippen molar-refractivity contribution in [1.82, 2.24) is 0 Å². The summed E-state index contributed by atoms with van der Waals surface area (Å²) >= 11 is 0. The average molecular weight is 203 g/mol. The van der Waals surface area contributed by atoms with Gasteiger partial charge in [-0.25, -0.2) is 4.39 Å². The monoisotopic (exact) mass is 203 g/mol. The summed E-state index contributed by atoms with van der Waals surface area (Å²) in [6, 6.07) is 13.6. The minimum absolute atomic E-state index is 0.351. The summed E-state index contributed by atoms with van der Waals surface area (Å²) in [6.45, 7) is 0. The Labute approximate surface area is 87.0 Å². The first kappa shape index (κ1) is 9.52. The molecule has 0 aliphatic heterocycles. The predicted octanol–water partition coefficient (Wildman–Crippen LogP) is 3.27. The van der Waals surface area contributed by atoms with Crippen LogP contribution in [0.4, 0.5) is 15.8 Å². The van der Waals surface area contributed by atoms with Crippen LogP contribution in [0.15, 0.2) is 48.5 Å². The van der Waals surface area contributed by atoms with Crippen molar-refractivity contribution in [2.75, 3.05) is 5.32 Å². The van der Waals surface area contributed by atoms with Crippen LogP contribution < -0.4 is 5.32 Å². The van der Waals surface area contributed by atoms with Gasteiger partial charge in [-0.3, -0.25) is 0 Å². The van der Waals surface area contributed by atoms with Crippen LogP contribution in [0.2, 0.25) is 0 Å². The van der Waals surface area contributed by atoms with Crippen LogP contribution in [0, 0.1) is 5.82 Å². The van der Waals surface area contributed by atoms with Gasteiger partial charge >= 0.3 is 0 Å². The molecule has 2 nitrogen and oxygen atoms in total. The molecular formula is C12H10FNO. The standard InChI is InChI=1S/C12H10FNO/c13-11-7-6-10(8-12(11)15)14-9-4-2-1-3-5-9/h1-8,14-15H. The molecule has 0 amide bonds. The topological polar surface area (TPSA) is 32.3 Å². The number of phenolic OH excluding ortho intramolecular Hbond substituents is 1. The van der Waals surface area contributed by atoms with Crippen LogP contribution >= 0.6 is 0 Å². The predicted molar refractivity (Wildman–Crippen MR) is 57.8 cm³/mol. The summed E-state index contributed by atoms with van der Waals surface area (Å²) in [5, 5.41) is 12.2. The minimum Gasteiger partial charge on any atom is -0.505 e. The van der Waals surface area contributed by atoms with Crippen molar-refractivity contribution in [1.29, 1.82) is 0 Å². The number of nitrogens with one attached hydrogen (secondary N) is 1. The molecule has 0 radical (unpaired) electrons. The van der Waals surface area contributed by atoms with Gasteiger partial charge in [0.25, 0.3) is 0 Å². The first-order valence-electron chi connectivity index (χ1n) is 4.56. The first-order chi connectivity index (χ1) is 7.25. The van der Waals surface area contributed by atoms with Gasteiger partial charge in [-0.1, -0.05) is 18.2 Å². The van der Waals surface area contributed by atoms with Crippen molar-refractivity contribution in [3.63, 3.8) is 0 Å². The zero-order chi connectivity index (χ0) is 10.7. The molecule has 0 atom stereocenters. The molecule has 0 saturated carbocycles. The van der Waals surface area contributed by atoms with Crippen LogP contribution in [0.1, 0.15) is 0 Å². The molecule has 0 saturated heterocycles. The van der Waals surface area contributed by atoms with E-state index in [1.54, 1.807) is 6.07 Å². The first-order valence-corrected chi connectivity index (χ1v) is 4.56. The largest absolute Gasteiger partial charge is 0.505 e. The number of hydrogen-bond acceptors (Lipinski definition) is 2. The molecular weight excluding hydrogens is 193 g/mol. The van der Waals surface area contributed by atoms with Crippen molar-refractivity contribution < 1.29 is 9.50 Å². The van der Waals surface area contributed by atoms with Crippen LogP contribution in [-0.2, 0) is 0 Å². The van der Waals surface area contributed by atoms with E-state index < -0.39 is 5.82 Å². The fourth-order valence-corrected chi connectivity index (χ4v) is 1.28. The van der Waals surface area contributed by atoms with Gasteiger partial charge in [-0.15, -0.1) is 0 Å². The Bertz CT molecular complexity index is 456. The van der Waals surface area contributed by atoms with Gasteiger partial charge < -0.3 is 10.4 Å². The van der Waals surface area contributed by atoms with E-state index in [2.05, 4.69) is 5.32 Å². The van der Waals surface area contributed by atoms with Crippen LogP contribution in [0.5, 0.6) is 5.75 Å². The fourth-order valence-electron chi connectivity index (χ4n) is 1.28. The summed E-state index contributed by atoms with van der Waals surface area (Å²) in [4.78, 5) is 0. The summed E-state index contributed by atoms with van der Waals surface area (Å²) < 4.78 is 12.8. The highest BCUT2D eigenvalue weighted by molar-refractivity contribution is 5.60. The van der Waals surface area contributed by atoms with Gasteiger partial charge in [0.1, 0.15) is 0 Å². The molecule has 0 spiro atoms. The third-order valence-corrected chi connectivity index (χ3v) is 2.01. The van der Waals surface area contributed by atoms with E-state index in [0.717, 1.165) is 5.69 Å². The molecule has 2 aromatic carbocycles. The zero-order valence-corrected chi connectivity index (χ0v) is 7.94. The molecule has 0 aliphatic carbocycles. The van der Waals surface area contributed by atoms with Crippen LogP contribution in [0.25, 0.3) is 0 Å². The van der Waals surface area contributed by atoms with Crippen molar-refractivity contribution in [3.8, 4) is 5.75 Å². The van der Waals surface area contributed by atoms with E-state index in [4.69, 9.17) is 5.11 Å². The molecule has 3 heteroatoms. The van der Waals surface area contributed by atoms with E-state index in [1.807, 2.05) is 30.3 Å². The van der Waals surface area contributed by atoms with E-state index in [0.29, 0.717) is 5.69 Å². The molecule has 0 aromatic heterocycles. The Morgan fingerprint density at radius 3 is 2.33 bits per heavy atom. The van der Waals surface area contributed by atoms with Gasteiger partial charge in [0, 0.05) is 17.4 Å². The number of benzene rings is 2. The second-order valence-corrected chi connectivity index (χ2v) is 3.16. The summed E-state index contributed by atoms with van der Waals surface area (Å²) in [5.41, 5.74) is 1.55. The summed E-state index contributed by atoms with van der Waals surface area (Å²) in [5.74, 6) is -0.968. The molecule has 76 valence electrons. The van der Waals surface area contributed by atoms with Crippen molar-refractivity contribution >= 4 is 11.4 Å². The van der Waals surface area contributed by atoms with Gasteiger partial charge in [0.2, 0.25) is 0 Å². The number of halogens is 1. The smallest absolute Gasteiger partial charge is 0.164 e. The molecule has 0 heterocycles. The quantitative estimate of drug-likeness (QED) is 0.785. The Morgan fingerprint density at radius 2 is 1.67 bits per heavy atom. The third kappa shape index (κ3) is 2.26. The van der Waals surface area contributed by atoms with Crippen molar-refractivity contribution in [3.05, 3.63) is 54.3 Å². The maximum absolute atomic E-state index is 12.8. The van der Waals surface area contributed by atoms with Crippen LogP contribution in [-0.4, -0.2) is 5.11 Å². The van der Waals surface area contributed by atoms with Crippen molar-refractivity contribution in [2.45, 2.75) is 0 Å². The van der Waals surface area contributed by atoms with Crippen LogP contribution in [0.3, 0.4) is 0 Å². The van der Waals surface area contributed by atoms with Gasteiger partial charge in [0.15, 0.2) is 11.6 Å². The lowest BCUT2D eigenvalue weighted by atomic mass is 10.2. The number of phenols is 1. The molecule has 0 fully saturated rings. The summed E-state index contributed by atoms with van der Waals surface area (Å²) in [6.07, 6.45) is 0. The molecule has 2 N–H and O–H groups in total. The molecule has 2 aromatic rings. The highest BCUT2D eigenvalue weighted by atomic mass is 19.1. The number of para-hydroxylation sites is 1.